The first kappa shape index (κ1) is 26.1. The van der Waals surface area contributed by atoms with Gasteiger partial charge in [0.1, 0.15) is 5.69 Å². The number of aromatic nitrogens is 1. The molecule has 1 aromatic heterocycles. The number of hydrogen-bond acceptors (Lipinski definition) is 3. The van der Waals surface area contributed by atoms with E-state index in [0.29, 0.717) is 29.3 Å². The third-order valence-electron chi connectivity index (χ3n) is 6.29. The minimum atomic E-state index is -4.67. The summed E-state index contributed by atoms with van der Waals surface area (Å²) in [7, 11) is 1.56. The smallest absolute Gasteiger partial charge is 0.392 e. The van der Waals surface area contributed by atoms with Gasteiger partial charge in [0.2, 0.25) is 5.88 Å². The maximum atomic E-state index is 14.4. The SMILES string of the molecule is Cc1c(-c2ccc(Cl)cc2)c(OC(=O)N(C)CC2CCCCO2)n(Cc2ccccc2)c1C(F)(F)F. The number of carbonyl (C=O) groups excluding carboxylic acids is 1. The minimum absolute atomic E-state index is 0.0261. The fourth-order valence-corrected chi connectivity index (χ4v) is 4.68. The molecule has 9 heteroatoms. The fraction of sp³-hybridized carbons (Fsp3) is 0.370. The quantitative estimate of drug-likeness (QED) is 0.345. The zero-order valence-corrected chi connectivity index (χ0v) is 20.9. The average molecular weight is 521 g/mol. The van der Waals surface area contributed by atoms with Crippen LogP contribution in [0.15, 0.2) is 54.6 Å². The highest BCUT2D eigenvalue weighted by molar-refractivity contribution is 6.30. The minimum Gasteiger partial charge on any atom is -0.392 e. The highest BCUT2D eigenvalue weighted by atomic mass is 35.5. The van der Waals surface area contributed by atoms with E-state index in [2.05, 4.69) is 0 Å². The summed E-state index contributed by atoms with van der Waals surface area (Å²) in [5.74, 6) is -0.160. The first-order valence-electron chi connectivity index (χ1n) is 11.8. The Kier molecular flexibility index (Phi) is 7.95. The van der Waals surface area contributed by atoms with E-state index in [1.165, 1.54) is 11.8 Å². The summed E-state index contributed by atoms with van der Waals surface area (Å²) in [4.78, 5) is 14.5. The molecule has 5 nitrogen and oxygen atoms in total. The Hall–Kier alpha value is -2.97. The molecule has 2 heterocycles. The van der Waals surface area contributed by atoms with Crippen LogP contribution in [0.2, 0.25) is 5.02 Å². The van der Waals surface area contributed by atoms with Crippen molar-refractivity contribution < 1.29 is 27.4 Å². The second-order valence-corrected chi connectivity index (χ2v) is 9.40. The number of likely N-dealkylation sites (N-methyl/N-ethyl adjacent to an activating group) is 1. The van der Waals surface area contributed by atoms with Gasteiger partial charge in [-0.05, 0) is 55.0 Å². The van der Waals surface area contributed by atoms with E-state index in [4.69, 9.17) is 21.1 Å². The summed E-state index contributed by atoms with van der Waals surface area (Å²) in [6.07, 6.45) is -2.76. The molecule has 1 atom stereocenters. The van der Waals surface area contributed by atoms with E-state index in [1.54, 1.807) is 61.6 Å². The van der Waals surface area contributed by atoms with E-state index < -0.39 is 18.0 Å². The van der Waals surface area contributed by atoms with Gasteiger partial charge in [0.05, 0.1) is 12.6 Å². The van der Waals surface area contributed by atoms with Crippen LogP contribution in [0.4, 0.5) is 18.0 Å². The molecule has 2 aromatic carbocycles. The van der Waals surface area contributed by atoms with Gasteiger partial charge in [-0.15, -0.1) is 0 Å². The van der Waals surface area contributed by atoms with E-state index in [9.17, 15) is 18.0 Å². The largest absolute Gasteiger partial charge is 0.431 e. The van der Waals surface area contributed by atoms with Crippen LogP contribution >= 0.6 is 11.6 Å². The van der Waals surface area contributed by atoms with E-state index in [1.807, 2.05) is 0 Å². The van der Waals surface area contributed by atoms with Crippen molar-refractivity contribution in [3.8, 4) is 17.0 Å². The lowest BCUT2D eigenvalue weighted by molar-refractivity contribution is -0.144. The van der Waals surface area contributed by atoms with Gasteiger partial charge in [0, 0.05) is 30.8 Å². The van der Waals surface area contributed by atoms with Crippen LogP contribution in [0, 0.1) is 6.92 Å². The number of halogens is 4. The van der Waals surface area contributed by atoms with Crippen molar-refractivity contribution >= 4 is 17.7 Å². The third kappa shape index (κ3) is 5.87. The number of ether oxygens (including phenoxy) is 2. The van der Waals surface area contributed by atoms with Gasteiger partial charge in [-0.25, -0.2) is 4.79 Å². The molecule has 0 aliphatic carbocycles. The van der Waals surface area contributed by atoms with Crippen LogP contribution in [-0.4, -0.2) is 41.9 Å². The van der Waals surface area contributed by atoms with Crippen molar-refractivity contribution in [2.24, 2.45) is 0 Å². The highest BCUT2D eigenvalue weighted by Crippen LogP contribution is 2.45. The van der Waals surface area contributed by atoms with Crippen molar-refractivity contribution in [2.75, 3.05) is 20.2 Å². The van der Waals surface area contributed by atoms with Gasteiger partial charge in [0.15, 0.2) is 0 Å². The summed E-state index contributed by atoms with van der Waals surface area (Å²) < 4.78 is 55.6. The molecule has 0 spiro atoms. The molecule has 1 aliphatic rings. The molecular weight excluding hydrogens is 493 g/mol. The molecule has 0 saturated carbocycles. The molecule has 3 aromatic rings. The van der Waals surface area contributed by atoms with Crippen molar-refractivity contribution in [1.29, 1.82) is 0 Å². The van der Waals surface area contributed by atoms with Crippen LogP contribution in [0.5, 0.6) is 5.88 Å². The molecule has 1 fully saturated rings. The van der Waals surface area contributed by atoms with Crippen molar-refractivity contribution in [3.63, 3.8) is 0 Å². The first-order chi connectivity index (χ1) is 17.1. The van der Waals surface area contributed by atoms with Crippen LogP contribution in [0.3, 0.4) is 0 Å². The summed E-state index contributed by atoms with van der Waals surface area (Å²) in [6.45, 7) is 2.19. The molecule has 1 aliphatic heterocycles. The van der Waals surface area contributed by atoms with E-state index >= 15 is 0 Å². The summed E-state index contributed by atoms with van der Waals surface area (Å²) in [5.41, 5.74) is 0.418. The second kappa shape index (κ2) is 11.0. The Morgan fingerprint density at radius 1 is 1.14 bits per heavy atom. The number of benzene rings is 2. The summed E-state index contributed by atoms with van der Waals surface area (Å²) in [6, 6.07) is 15.2. The lowest BCUT2D eigenvalue weighted by Crippen LogP contribution is -2.39. The van der Waals surface area contributed by atoms with Crippen LogP contribution in [0.1, 0.15) is 36.1 Å². The molecule has 0 N–H and O–H groups in total. The number of carbonyl (C=O) groups is 1. The van der Waals surface area contributed by atoms with Crippen LogP contribution in [0.25, 0.3) is 11.1 Å². The topological polar surface area (TPSA) is 43.7 Å². The molecule has 0 bridgehead atoms. The number of nitrogens with zero attached hydrogens (tertiary/aromatic N) is 2. The Labute approximate surface area is 213 Å². The Morgan fingerprint density at radius 2 is 1.83 bits per heavy atom. The molecule has 1 saturated heterocycles. The second-order valence-electron chi connectivity index (χ2n) is 8.97. The van der Waals surface area contributed by atoms with Crippen molar-refractivity contribution in [2.45, 2.75) is 45.0 Å². The normalized spacial score (nSPS) is 16.1. The van der Waals surface area contributed by atoms with Crippen LogP contribution in [-0.2, 0) is 17.5 Å². The zero-order valence-electron chi connectivity index (χ0n) is 20.1. The lowest BCUT2D eigenvalue weighted by atomic mass is 10.0. The third-order valence-corrected chi connectivity index (χ3v) is 6.54. The fourth-order valence-electron chi connectivity index (χ4n) is 4.55. The Balaban J connectivity index is 1.79. The predicted molar refractivity (Wildman–Crippen MR) is 132 cm³/mol. The van der Waals surface area contributed by atoms with Gasteiger partial charge in [0.25, 0.3) is 0 Å². The Bertz CT molecular complexity index is 1190. The van der Waals surface area contributed by atoms with Crippen LogP contribution < -0.4 is 4.74 Å². The highest BCUT2D eigenvalue weighted by Gasteiger charge is 2.41. The monoisotopic (exact) mass is 520 g/mol. The first-order valence-corrected chi connectivity index (χ1v) is 12.2. The molecular formula is C27H28ClF3N2O3. The Morgan fingerprint density at radius 3 is 2.44 bits per heavy atom. The molecule has 0 radical (unpaired) electrons. The summed E-state index contributed by atoms with van der Waals surface area (Å²) in [5, 5.41) is 0.446. The standard InChI is InChI=1S/C27H28ClF3N2O3/c1-18-23(20-11-13-21(28)14-12-20)25(36-26(34)32(2)17-22-10-6-7-15-35-22)33(24(18)27(29,30)31)16-19-8-4-3-5-9-19/h3-5,8-9,11-14,22H,6-7,10,15-17H2,1-2H3. The maximum Gasteiger partial charge on any atom is 0.431 e. The molecule has 192 valence electrons. The summed E-state index contributed by atoms with van der Waals surface area (Å²) >= 11 is 6.02. The van der Waals surface area contributed by atoms with Gasteiger partial charge in [-0.3, -0.25) is 0 Å². The number of amides is 1. The van der Waals surface area contributed by atoms with E-state index in [-0.39, 0.29) is 29.7 Å². The maximum absolute atomic E-state index is 14.4. The predicted octanol–water partition coefficient (Wildman–Crippen LogP) is 7.18. The van der Waals surface area contributed by atoms with Crippen molar-refractivity contribution in [3.05, 3.63) is 76.4 Å². The zero-order chi connectivity index (χ0) is 25.9. The molecule has 1 unspecified atom stereocenters. The molecule has 1 amide bonds. The molecule has 4 rings (SSSR count). The lowest BCUT2D eigenvalue weighted by Gasteiger charge is -2.27. The molecule has 36 heavy (non-hydrogen) atoms. The number of hydrogen-bond donors (Lipinski definition) is 0. The number of alkyl halides is 3. The number of rotatable bonds is 6. The van der Waals surface area contributed by atoms with Gasteiger partial charge < -0.3 is 18.9 Å². The van der Waals surface area contributed by atoms with Gasteiger partial charge in [-0.2, -0.15) is 13.2 Å². The van der Waals surface area contributed by atoms with Gasteiger partial charge in [-0.1, -0.05) is 54.1 Å². The van der Waals surface area contributed by atoms with Gasteiger partial charge >= 0.3 is 12.3 Å². The van der Waals surface area contributed by atoms with Crippen molar-refractivity contribution in [1.82, 2.24) is 9.47 Å². The van der Waals surface area contributed by atoms with E-state index in [0.717, 1.165) is 23.8 Å². The average Bonchev–Trinajstić information content (AvgIpc) is 3.11.